The van der Waals surface area contributed by atoms with Gasteiger partial charge in [-0.15, -0.1) is 23.1 Å². The minimum Gasteiger partial charge on any atom is -0.462 e. The van der Waals surface area contributed by atoms with Gasteiger partial charge in [0.2, 0.25) is 5.91 Å². The van der Waals surface area contributed by atoms with Gasteiger partial charge in [0.25, 0.3) is 11.8 Å². The van der Waals surface area contributed by atoms with Crippen LogP contribution in [-0.4, -0.2) is 36.1 Å². The molecule has 2 aromatic heterocycles. The zero-order valence-corrected chi connectivity index (χ0v) is 30.8. The fourth-order valence-electron chi connectivity index (χ4n) is 5.50. The molecule has 5 aromatic rings. The number of ether oxygens (including phenoxy) is 1. The summed E-state index contributed by atoms with van der Waals surface area (Å²) in [4.78, 5) is 54.3. The molecule has 1 aliphatic rings. The molecule has 0 aliphatic heterocycles. The van der Waals surface area contributed by atoms with E-state index in [0.29, 0.717) is 33.3 Å². The summed E-state index contributed by atoms with van der Waals surface area (Å²) in [6, 6.07) is 26.8. The zero-order valence-electron chi connectivity index (χ0n) is 27.6. The van der Waals surface area contributed by atoms with Crippen molar-refractivity contribution in [3.05, 3.63) is 128 Å². The summed E-state index contributed by atoms with van der Waals surface area (Å²) in [5.74, 6) is -0.501. The van der Waals surface area contributed by atoms with E-state index in [1.165, 1.54) is 29.2 Å². The number of furan rings is 1. The number of benzene rings is 3. The number of carbonyl (C=O) groups excluding carboxylic acids is 4. The van der Waals surface area contributed by atoms with Crippen molar-refractivity contribution in [2.24, 2.45) is 0 Å². The maximum atomic E-state index is 13.5. The van der Waals surface area contributed by atoms with Gasteiger partial charge in [-0.3, -0.25) is 14.4 Å². The molecule has 260 valence electrons. The van der Waals surface area contributed by atoms with E-state index in [1.54, 1.807) is 73.7 Å². The van der Waals surface area contributed by atoms with Gasteiger partial charge in [-0.25, -0.2) is 4.79 Å². The molecule has 9 nitrogen and oxygen atoms in total. The van der Waals surface area contributed by atoms with Crippen LogP contribution in [0.15, 0.2) is 110 Å². The first-order valence-corrected chi connectivity index (χ1v) is 19.0. The average Bonchev–Trinajstić information content (AvgIpc) is 3.76. The number of rotatable bonds is 12. The molecule has 0 atom stereocenters. The molecule has 0 saturated carbocycles. The number of nitrogens with one attached hydrogen (secondary N) is 3. The minimum absolute atomic E-state index is 0.00636. The lowest BCUT2D eigenvalue weighted by Gasteiger charge is -2.12. The quantitative estimate of drug-likeness (QED) is 0.0655. The van der Waals surface area contributed by atoms with Crippen molar-refractivity contribution in [2.75, 3.05) is 23.0 Å². The van der Waals surface area contributed by atoms with E-state index in [9.17, 15) is 19.2 Å². The highest BCUT2D eigenvalue weighted by molar-refractivity contribution is 9.10. The Labute approximate surface area is 312 Å². The normalized spacial score (nSPS) is 12.5. The van der Waals surface area contributed by atoms with Gasteiger partial charge >= 0.3 is 5.97 Å². The highest BCUT2D eigenvalue weighted by Crippen LogP contribution is 2.39. The van der Waals surface area contributed by atoms with Crippen LogP contribution in [0.5, 0.6) is 0 Å². The second-order valence-electron chi connectivity index (χ2n) is 11.5. The van der Waals surface area contributed by atoms with E-state index < -0.39 is 17.8 Å². The Morgan fingerprint density at radius 2 is 1.65 bits per heavy atom. The molecule has 0 saturated heterocycles. The van der Waals surface area contributed by atoms with Crippen LogP contribution in [0.4, 0.5) is 10.7 Å². The molecule has 0 fully saturated rings. The summed E-state index contributed by atoms with van der Waals surface area (Å²) in [5.41, 5.74) is 3.23. The number of halogens is 1. The van der Waals surface area contributed by atoms with Crippen LogP contribution in [0.2, 0.25) is 0 Å². The van der Waals surface area contributed by atoms with Crippen molar-refractivity contribution in [3.63, 3.8) is 0 Å². The molecule has 6 rings (SSSR count). The van der Waals surface area contributed by atoms with Crippen molar-refractivity contribution >= 4 is 79.5 Å². The lowest BCUT2D eigenvalue weighted by Crippen LogP contribution is -2.30. The Morgan fingerprint density at radius 3 is 2.39 bits per heavy atom. The first-order valence-electron chi connectivity index (χ1n) is 16.4. The van der Waals surface area contributed by atoms with E-state index >= 15 is 0 Å². The number of hydrogen-bond donors (Lipinski definition) is 3. The highest BCUT2D eigenvalue weighted by Gasteiger charge is 2.27. The Bertz CT molecular complexity index is 2070. The van der Waals surface area contributed by atoms with Gasteiger partial charge in [0.05, 0.1) is 17.9 Å². The lowest BCUT2D eigenvalue weighted by atomic mass is 9.95. The topological polar surface area (TPSA) is 127 Å². The SMILES string of the molecule is CCOC(=O)c1c(NC(=O)CSc2ccc(NC(=O)C(=Cc3ccc(-c4ccc(Br)cc4)o3)NC(=O)c3ccccc3)cc2)sc2c1CCCC2. The zero-order chi connectivity index (χ0) is 35.7. The third-order valence-electron chi connectivity index (χ3n) is 7.96. The predicted octanol–water partition coefficient (Wildman–Crippen LogP) is 8.97. The van der Waals surface area contributed by atoms with Crippen molar-refractivity contribution in [1.29, 1.82) is 0 Å². The van der Waals surface area contributed by atoms with Gasteiger partial charge < -0.3 is 25.1 Å². The molecule has 51 heavy (non-hydrogen) atoms. The molecular formula is C39H34BrN3O6S2. The van der Waals surface area contributed by atoms with Gasteiger partial charge in [0.15, 0.2) is 0 Å². The Balaban J connectivity index is 1.11. The van der Waals surface area contributed by atoms with Crippen LogP contribution in [0.1, 0.15) is 56.7 Å². The standard InChI is InChI=1S/C39H34BrN3O6S2/c1-2-48-39(47)35-30-10-6-7-11-33(30)51-38(35)43-34(44)23-50-29-19-16-27(17-20-29)41-37(46)31(42-36(45)25-8-4-3-5-9-25)22-28-18-21-32(49-28)24-12-14-26(40)15-13-24/h3-5,8-9,12-22H,2,6-7,10-11,23H2,1H3,(H,41,46)(H,42,45)(H,43,44). The molecule has 0 radical (unpaired) electrons. The first kappa shape index (κ1) is 35.9. The summed E-state index contributed by atoms with van der Waals surface area (Å²) in [6.45, 7) is 2.03. The Morgan fingerprint density at radius 1 is 0.902 bits per heavy atom. The second-order valence-corrected chi connectivity index (χ2v) is 14.6. The summed E-state index contributed by atoms with van der Waals surface area (Å²) >= 11 is 6.22. The van der Waals surface area contributed by atoms with Crippen LogP contribution >= 0.6 is 39.0 Å². The molecule has 0 spiro atoms. The van der Waals surface area contributed by atoms with E-state index in [1.807, 2.05) is 24.3 Å². The summed E-state index contributed by atoms with van der Waals surface area (Å²) in [5, 5.41) is 9.05. The molecule has 1 aliphatic carbocycles. The smallest absolute Gasteiger partial charge is 0.341 e. The van der Waals surface area contributed by atoms with Gasteiger partial charge in [0, 0.05) is 37.1 Å². The maximum Gasteiger partial charge on any atom is 0.341 e. The third kappa shape index (κ3) is 9.26. The predicted molar refractivity (Wildman–Crippen MR) is 205 cm³/mol. The number of fused-ring (bicyclic) bond motifs is 1. The van der Waals surface area contributed by atoms with Gasteiger partial charge in [0.1, 0.15) is 22.2 Å². The molecule has 3 N–H and O–H groups in total. The molecule has 0 unspecified atom stereocenters. The highest BCUT2D eigenvalue weighted by atomic mass is 79.9. The van der Waals surface area contributed by atoms with E-state index in [2.05, 4.69) is 31.9 Å². The molecule has 3 amide bonds. The molecule has 3 aromatic carbocycles. The first-order chi connectivity index (χ1) is 24.8. The Hall–Kier alpha value is -4.91. The monoisotopic (exact) mass is 783 g/mol. The average molecular weight is 785 g/mol. The van der Waals surface area contributed by atoms with Crippen LogP contribution in [0, 0.1) is 0 Å². The van der Waals surface area contributed by atoms with Crippen LogP contribution in [0.3, 0.4) is 0 Å². The summed E-state index contributed by atoms with van der Waals surface area (Å²) in [6.07, 6.45) is 5.26. The minimum atomic E-state index is -0.545. The number of thiophene rings is 1. The third-order valence-corrected chi connectivity index (χ3v) is 10.7. The number of amides is 3. The van der Waals surface area contributed by atoms with Crippen LogP contribution in [0.25, 0.3) is 17.4 Å². The van der Waals surface area contributed by atoms with Crippen molar-refractivity contribution in [1.82, 2.24) is 5.32 Å². The summed E-state index contributed by atoms with van der Waals surface area (Å²) < 4.78 is 12.2. The van der Waals surface area contributed by atoms with Gasteiger partial charge in [-0.2, -0.15) is 0 Å². The van der Waals surface area contributed by atoms with E-state index in [4.69, 9.17) is 9.15 Å². The van der Waals surface area contributed by atoms with Crippen molar-refractivity contribution < 1.29 is 28.3 Å². The van der Waals surface area contributed by atoms with Crippen LogP contribution < -0.4 is 16.0 Å². The fourth-order valence-corrected chi connectivity index (χ4v) is 7.76. The number of aryl methyl sites for hydroxylation is 1. The molecule has 2 heterocycles. The van der Waals surface area contributed by atoms with Crippen molar-refractivity contribution in [2.45, 2.75) is 37.5 Å². The molecule has 12 heteroatoms. The lowest BCUT2D eigenvalue weighted by molar-refractivity contribution is -0.114. The largest absolute Gasteiger partial charge is 0.462 e. The van der Waals surface area contributed by atoms with E-state index in [0.717, 1.165) is 51.1 Å². The molecule has 0 bridgehead atoms. The maximum absolute atomic E-state index is 13.5. The summed E-state index contributed by atoms with van der Waals surface area (Å²) in [7, 11) is 0. The number of carbonyl (C=O) groups is 4. The number of hydrogen-bond acceptors (Lipinski definition) is 8. The molecular weight excluding hydrogens is 750 g/mol. The Kier molecular flexibility index (Phi) is 11.9. The number of esters is 1. The van der Waals surface area contributed by atoms with Crippen molar-refractivity contribution in [3.8, 4) is 11.3 Å². The van der Waals surface area contributed by atoms with Gasteiger partial charge in [-0.05, 0) is 98.8 Å². The van der Waals surface area contributed by atoms with Crippen LogP contribution in [-0.2, 0) is 27.2 Å². The fraction of sp³-hybridized carbons (Fsp3) is 0.179. The second kappa shape index (κ2) is 16.9. The number of anilines is 2. The van der Waals surface area contributed by atoms with Gasteiger partial charge in [-0.1, -0.05) is 46.3 Å². The van der Waals surface area contributed by atoms with E-state index in [-0.39, 0.29) is 24.0 Å². The number of thioether (sulfide) groups is 1.